The summed E-state index contributed by atoms with van der Waals surface area (Å²) < 4.78 is 38.7. The number of aryl methyl sites for hydroxylation is 2. The van der Waals surface area contributed by atoms with Gasteiger partial charge in [0.05, 0.1) is 11.6 Å². The molecule has 0 atom stereocenters. The Labute approximate surface area is 123 Å². The first kappa shape index (κ1) is 14.4. The van der Waals surface area contributed by atoms with E-state index in [-0.39, 0.29) is 11.5 Å². The van der Waals surface area contributed by atoms with Gasteiger partial charge in [-0.15, -0.1) is 0 Å². The Kier molecular flexibility index (Phi) is 3.27. The number of H-pyrrole nitrogens is 2. The summed E-state index contributed by atoms with van der Waals surface area (Å²) >= 11 is 0. The van der Waals surface area contributed by atoms with Crippen LogP contribution < -0.4 is 5.32 Å². The van der Waals surface area contributed by atoms with Gasteiger partial charge in [0.2, 0.25) is 5.82 Å². The number of rotatable bonds is 3. The molecule has 0 radical (unpaired) electrons. The van der Waals surface area contributed by atoms with E-state index in [1.165, 1.54) is 0 Å². The first-order valence-corrected chi connectivity index (χ1v) is 6.52. The topological polar surface area (TPSA) is 82.3 Å². The molecule has 6 nitrogen and oxygen atoms in total. The van der Waals surface area contributed by atoms with Gasteiger partial charge in [-0.25, -0.2) is 9.97 Å². The number of hydrogen-bond acceptors (Lipinski definition) is 4. The lowest BCUT2D eigenvalue weighted by atomic mass is 10.2. The van der Waals surface area contributed by atoms with Gasteiger partial charge >= 0.3 is 6.18 Å². The van der Waals surface area contributed by atoms with E-state index in [4.69, 9.17) is 0 Å². The summed E-state index contributed by atoms with van der Waals surface area (Å²) in [5, 5.41) is 10.1. The SMILES string of the molecule is Cc1cc2c(NCc3cn[nH]c3C)nc(C(F)(F)F)nc2[nH]1. The predicted octanol–water partition coefficient (Wildman–Crippen LogP) is 2.93. The molecule has 116 valence electrons. The van der Waals surface area contributed by atoms with Crippen molar-refractivity contribution in [2.45, 2.75) is 26.6 Å². The fourth-order valence-corrected chi connectivity index (χ4v) is 2.14. The Morgan fingerprint density at radius 1 is 1.23 bits per heavy atom. The van der Waals surface area contributed by atoms with Crippen LogP contribution in [-0.2, 0) is 12.7 Å². The Hall–Kier alpha value is -2.58. The van der Waals surface area contributed by atoms with Crippen molar-refractivity contribution in [3.8, 4) is 0 Å². The number of anilines is 1. The lowest BCUT2D eigenvalue weighted by Gasteiger charge is -2.10. The summed E-state index contributed by atoms with van der Waals surface area (Å²) in [6, 6.07) is 1.71. The molecule has 3 rings (SSSR count). The summed E-state index contributed by atoms with van der Waals surface area (Å²) in [6.07, 6.45) is -2.98. The lowest BCUT2D eigenvalue weighted by Crippen LogP contribution is -2.13. The van der Waals surface area contributed by atoms with Crippen LogP contribution in [0.15, 0.2) is 12.3 Å². The second kappa shape index (κ2) is 5.00. The highest BCUT2D eigenvalue weighted by Crippen LogP contribution is 2.30. The fraction of sp³-hybridized carbons (Fsp3) is 0.308. The molecule has 3 aromatic heterocycles. The van der Waals surface area contributed by atoms with Crippen molar-refractivity contribution < 1.29 is 13.2 Å². The van der Waals surface area contributed by atoms with E-state index in [0.29, 0.717) is 17.6 Å². The molecule has 0 saturated carbocycles. The molecule has 0 bridgehead atoms. The average molecular weight is 310 g/mol. The van der Waals surface area contributed by atoms with Crippen LogP contribution in [-0.4, -0.2) is 25.1 Å². The maximum atomic E-state index is 12.9. The highest BCUT2D eigenvalue weighted by molar-refractivity contribution is 5.87. The van der Waals surface area contributed by atoms with E-state index < -0.39 is 12.0 Å². The molecule has 0 amide bonds. The van der Waals surface area contributed by atoms with E-state index in [2.05, 4.69) is 30.5 Å². The maximum absolute atomic E-state index is 12.9. The van der Waals surface area contributed by atoms with Crippen LogP contribution in [0.2, 0.25) is 0 Å². The smallest absolute Gasteiger partial charge is 0.365 e. The Morgan fingerprint density at radius 3 is 2.64 bits per heavy atom. The number of aromatic amines is 2. The summed E-state index contributed by atoms with van der Waals surface area (Å²) in [5.41, 5.74) is 2.57. The molecule has 3 N–H and O–H groups in total. The summed E-state index contributed by atoms with van der Waals surface area (Å²) in [7, 11) is 0. The van der Waals surface area contributed by atoms with E-state index >= 15 is 0 Å². The van der Waals surface area contributed by atoms with Crippen molar-refractivity contribution in [1.29, 1.82) is 0 Å². The highest BCUT2D eigenvalue weighted by atomic mass is 19.4. The van der Waals surface area contributed by atoms with Gasteiger partial charge in [0, 0.05) is 23.5 Å². The van der Waals surface area contributed by atoms with Crippen molar-refractivity contribution in [3.63, 3.8) is 0 Å². The van der Waals surface area contributed by atoms with Gasteiger partial charge in [-0.2, -0.15) is 18.3 Å². The molecule has 9 heteroatoms. The van der Waals surface area contributed by atoms with Crippen molar-refractivity contribution in [3.05, 3.63) is 35.0 Å². The molecule has 0 saturated heterocycles. The van der Waals surface area contributed by atoms with Gasteiger partial charge in [0.1, 0.15) is 11.5 Å². The zero-order chi connectivity index (χ0) is 15.9. The molecule has 3 heterocycles. The van der Waals surface area contributed by atoms with E-state index in [0.717, 1.165) is 11.3 Å². The fourth-order valence-electron chi connectivity index (χ4n) is 2.14. The number of alkyl halides is 3. The normalized spacial score (nSPS) is 12.0. The first-order chi connectivity index (χ1) is 10.3. The van der Waals surface area contributed by atoms with Crippen molar-refractivity contribution >= 4 is 16.9 Å². The zero-order valence-electron chi connectivity index (χ0n) is 11.8. The number of fused-ring (bicyclic) bond motifs is 1. The van der Waals surface area contributed by atoms with Crippen LogP contribution >= 0.6 is 0 Å². The van der Waals surface area contributed by atoms with Gasteiger partial charge in [-0.3, -0.25) is 5.10 Å². The second-order valence-electron chi connectivity index (χ2n) is 4.98. The standard InChI is InChI=1S/C13H13F3N6/c1-6-3-9-10(17-4-8-5-18-22-7(8)2)20-12(13(14,15)16)21-11(9)19-6/h3,5H,4H2,1-2H3,(H,18,22)(H2,17,19,20,21). The molecule has 3 aromatic rings. The molecular formula is C13H13F3N6. The van der Waals surface area contributed by atoms with E-state index in [1.54, 1.807) is 19.2 Å². The molecule has 22 heavy (non-hydrogen) atoms. The molecule has 0 aliphatic heterocycles. The van der Waals surface area contributed by atoms with Crippen LogP contribution in [0.1, 0.15) is 22.8 Å². The number of hydrogen-bond donors (Lipinski definition) is 3. The van der Waals surface area contributed by atoms with Crippen molar-refractivity contribution in [2.24, 2.45) is 0 Å². The van der Waals surface area contributed by atoms with Crippen LogP contribution in [0.5, 0.6) is 0 Å². The highest BCUT2D eigenvalue weighted by Gasteiger charge is 2.35. The van der Waals surface area contributed by atoms with Gasteiger partial charge in [0.15, 0.2) is 0 Å². The number of aromatic nitrogens is 5. The molecular weight excluding hydrogens is 297 g/mol. The third-order valence-electron chi connectivity index (χ3n) is 3.26. The minimum atomic E-state index is -4.60. The van der Waals surface area contributed by atoms with Crippen molar-refractivity contribution in [1.82, 2.24) is 25.1 Å². The average Bonchev–Trinajstić information content (AvgIpc) is 2.99. The van der Waals surface area contributed by atoms with E-state index in [1.807, 2.05) is 6.92 Å². The molecule has 0 aliphatic rings. The third kappa shape index (κ3) is 2.61. The zero-order valence-corrected chi connectivity index (χ0v) is 11.8. The minimum absolute atomic E-state index is 0.141. The van der Waals surface area contributed by atoms with Gasteiger partial charge < -0.3 is 10.3 Å². The van der Waals surface area contributed by atoms with Crippen LogP contribution in [0.3, 0.4) is 0 Å². The summed E-state index contributed by atoms with van der Waals surface area (Å²) in [6.45, 7) is 3.90. The minimum Gasteiger partial charge on any atom is -0.365 e. The largest absolute Gasteiger partial charge is 0.451 e. The monoisotopic (exact) mass is 310 g/mol. The second-order valence-corrected chi connectivity index (χ2v) is 4.98. The van der Waals surface area contributed by atoms with Crippen LogP contribution in [0.25, 0.3) is 11.0 Å². The molecule has 0 spiro atoms. The maximum Gasteiger partial charge on any atom is 0.451 e. The Morgan fingerprint density at radius 2 is 2.00 bits per heavy atom. The van der Waals surface area contributed by atoms with E-state index in [9.17, 15) is 13.2 Å². The lowest BCUT2D eigenvalue weighted by molar-refractivity contribution is -0.144. The third-order valence-corrected chi connectivity index (χ3v) is 3.26. The molecule has 0 aliphatic carbocycles. The molecule has 0 fully saturated rings. The van der Waals surface area contributed by atoms with Gasteiger partial charge in [0.25, 0.3) is 0 Å². The Bertz CT molecular complexity index is 817. The van der Waals surface area contributed by atoms with Crippen molar-refractivity contribution in [2.75, 3.05) is 5.32 Å². The molecule has 0 aromatic carbocycles. The predicted molar refractivity (Wildman–Crippen MR) is 74.3 cm³/mol. The Balaban J connectivity index is 2.01. The quantitative estimate of drug-likeness (QED) is 0.694. The van der Waals surface area contributed by atoms with Gasteiger partial charge in [-0.1, -0.05) is 0 Å². The first-order valence-electron chi connectivity index (χ1n) is 6.52. The number of halogens is 3. The van der Waals surface area contributed by atoms with Crippen LogP contribution in [0.4, 0.5) is 19.0 Å². The summed E-state index contributed by atoms with van der Waals surface area (Å²) in [5.74, 6) is -1.03. The number of nitrogens with one attached hydrogen (secondary N) is 3. The number of nitrogens with zero attached hydrogens (tertiary/aromatic N) is 3. The van der Waals surface area contributed by atoms with Crippen LogP contribution in [0, 0.1) is 13.8 Å². The summed E-state index contributed by atoms with van der Waals surface area (Å²) in [4.78, 5) is 9.96. The van der Waals surface area contributed by atoms with Gasteiger partial charge in [-0.05, 0) is 19.9 Å². The molecule has 0 unspecified atom stereocenters.